The topological polar surface area (TPSA) is 123 Å². The van der Waals surface area contributed by atoms with E-state index < -0.39 is 11.7 Å². The highest BCUT2D eigenvalue weighted by molar-refractivity contribution is 5.97. The summed E-state index contributed by atoms with van der Waals surface area (Å²) >= 11 is 0. The molecule has 1 aromatic heterocycles. The van der Waals surface area contributed by atoms with Crippen LogP contribution >= 0.6 is 0 Å². The summed E-state index contributed by atoms with van der Waals surface area (Å²) in [6, 6.07) is 17.9. The molecule has 8 nitrogen and oxygen atoms in total. The lowest BCUT2D eigenvalue weighted by molar-refractivity contribution is -0.137. The van der Waals surface area contributed by atoms with Crippen molar-refractivity contribution in [2.45, 2.75) is 45.5 Å². The summed E-state index contributed by atoms with van der Waals surface area (Å²) in [7, 11) is 0. The van der Waals surface area contributed by atoms with E-state index in [4.69, 9.17) is 26.6 Å². The monoisotopic (exact) mass is 594 g/mol. The van der Waals surface area contributed by atoms with Gasteiger partial charge in [-0.2, -0.15) is 13.2 Å². The van der Waals surface area contributed by atoms with Crippen molar-refractivity contribution in [1.82, 2.24) is 14.5 Å². The molecule has 0 atom stereocenters. The first-order valence-corrected chi connectivity index (χ1v) is 14.3. The highest BCUT2D eigenvalue weighted by atomic mass is 19.4. The molecule has 0 radical (unpaired) electrons. The van der Waals surface area contributed by atoms with E-state index in [1.54, 1.807) is 18.2 Å². The van der Waals surface area contributed by atoms with Gasteiger partial charge in [-0.3, -0.25) is 10.2 Å². The minimum atomic E-state index is -4.47. The largest absolute Gasteiger partial charge is 0.416 e. The molecule has 43 heavy (non-hydrogen) atoms. The molecule has 0 spiro atoms. The molecule has 0 unspecified atom stereocenters. The van der Waals surface area contributed by atoms with Gasteiger partial charge in [-0.1, -0.05) is 36.4 Å². The number of hydrogen-bond acceptors (Lipinski definition) is 5. The third-order valence-electron chi connectivity index (χ3n) is 7.16. The summed E-state index contributed by atoms with van der Waals surface area (Å²) in [6.45, 7) is 4.25. The number of aryl methyl sites for hydroxylation is 3. The minimum Gasteiger partial charge on any atom is -0.384 e. The van der Waals surface area contributed by atoms with Crippen molar-refractivity contribution in [3.63, 3.8) is 0 Å². The van der Waals surface area contributed by atoms with Gasteiger partial charge in [0.2, 0.25) is 0 Å². The third-order valence-corrected chi connectivity index (χ3v) is 7.16. The molecular weight excluding hydrogens is 557 g/mol. The van der Waals surface area contributed by atoms with E-state index >= 15 is 0 Å². The van der Waals surface area contributed by atoms with E-state index in [-0.39, 0.29) is 31.4 Å². The van der Waals surface area contributed by atoms with Crippen molar-refractivity contribution < 1.29 is 22.7 Å². The number of imidazole rings is 1. The van der Waals surface area contributed by atoms with E-state index in [1.165, 1.54) is 11.0 Å². The van der Waals surface area contributed by atoms with Gasteiger partial charge in [-0.15, -0.1) is 0 Å². The highest BCUT2D eigenvalue weighted by Crippen LogP contribution is 2.30. The van der Waals surface area contributed by atoms with E-state index in [9.17, 15) is 18.0 Å². The number of halogens is 3. The van der Waals surface area contributed by atoms with E-state index in [2.05, 4.69) is 4.57 Å². The van der Waals surface area contributed by atoms with Crippen LogP contribution in [-0.2, 0) is 36.8 Å². The average Bonchev–Trinajstić information content (AvgIpc) is 3.34. The lowest BCUT2D eigenvalue weighted by Crippen LogP contribution is -2.35. The Morgan fingerprint density at radius 2 is 1.77 bits per heavy atom. The van der Waals surface area contributed by atoms with Crippen LogP contribution in [-0.4, -0.2) is 52.5 Å². The predicted octanol–water partition coefficient (Wildman–Crippen LogP) is 5.15. The van der Waals surface area contributed by atoms with Crippen LogP contribution in [0.2, 0.25) is 0 Å². The molecule has 0 aliphatic carbocycles. The van der Waals surface area contributed by atoms with Gasteiger partial charge in [0.15, 0.2) is 0 Å². The Morgan fingerprint density at radius 1 is 1.02 bits per heavy atom. The lowest BCUT2D eigenvalue weighted by atomic mass is 10.1. The van der Waals surface area contributed by atoms with Crippen LogP contribution in [0.25, 0.3) is 11.0 Å². The highest BCUT2D eigenvalue weighted by Gasteiger charge is 2.30. The third kappa shape index (κ3) is 8.20. The number of benzene rings is 3. The molecule has 0 fully saturated rings. The maximum absolute atomic E-state index is 13.6. The number of rotatable bonds is 14. The number of ether oxygens (including phenoxy) is 1. The zero-order chi connectivity index (χ0) is 31.0. The van der Waals surface area contributed by atoms with Crippen molar-refractivity contribution in [2.75, 3.05) is 26.3 Å². The molecule has 228 valence electrons. The smallest absolute Gasteiger partial charge is 0.384 e. The quantitative estimate of drug-likeness (QED) is 0.106. The SMILES string of the molecule is CCOCCCn1c(CCc2ccc(C(=N)N)cc2)nc2cc(C(=O)N(CCN)Cc3cccc(C(F)(F)F)c3)ccc21. The number of hydrogen-bond donors (Lipinski definition) is 3. The molecular formula is C32H37F3N6O2. The number of nitrogens with two attached hydrogens (primary N) is 2. The number of nitrogens with one attached hydrogen (secondary N) is 1. The molecule has 0 saturated carbocycles. The Morgan fingerprint density at radius 3 is 2.44 bits per heavy atom. The summed E-state index contributed by atoms with van der Waals surface area (Å²) in [5.74, 6) is 0.560. The molecule has 4 aromatic rings. The summed E-state index contributed by atoms with van der Waals surface area (Å²) in [4.78, 5) is 19.9. The second kappa shape index (κ2) is 14.3. The predicted molar refractivity (Wildman–Crippen MR) is 161 cm³/mol. The summed E-state index contributed by atoms with van der Waals surface area (Å²) in [6.07, 6.45) is -2.30. The second-order valence-corrected chi connectivity index (χ2v) is 10.3. The molecule has 11 heteroatoms. The van der Waals surface area contributed by atoms with E-state index in [0.29, 0.717) is 48.4 Å². The number of amidine groups is 1. The Hall–Kier alpha value is -4.22. The van der Waals surface area contributed by atoms with Gasteiger partial charge in [0.25, 0.3) is 5.91 Å². The van der Waals surface area contributed by atoms with Crippen molar-refractivity contribution >= 4 is 22.8 Å². The van der Waals surface area contributed by atoms with Crippen molar-refractivity contribution in [2.24, 2.45) is 11.5 Å². The van der Waals surface area contributed by atoms with Crippen molar-refractivity contribution in [3.05, 3.63) is 100 Å². The van der Waals surface area contributed by atoms with Crippen LogP contribution < -0.4 is 11.5 Å². The fourth-order valence-electron chi connectivity index (χ4n) is 4.99. The van der Waals surface area contributed by atoms with Crippen molar-refractivity contribution in [1.29, 1.82) is 5.41 Å². The number of amides is 1. The fraction of sp³-hybridized carbons (Fsp3) is 0.344. The number of carbonyl (C=O) groups is 1. The van der Waals surface area contributed by atoms with Gasteiger partial charge in [0.1, 0.15) is 11.7 Å². The zero-order valence-electron chi connectivity index (χ0n) is 24.2. The summed E-state index contributed by atoms with van der Waals surface area (Å²) in [5, 5.41) is 7.59. The number of nitrogens with zero attached hydrogens (tertiary/aromatic N) is 3. The molecule has 1 heterocycles. The number of aromatic nitrogens is 2. The van der Waals surface area contributed by atoms with Crippen LogP contribution in [0.4, 0.5) is 13.2 Å². The Kier molecular flexibility index (Phi) is 10.5. The van der Waals surface area contributed by atoms with E-state index in [0.717, 1.165) is 41.9 Å². The number of carbonyl (C=O) groups excluding carboxylic acids is 1. The normalized spacial score (nSPS) is 11.7. The van der Waals surface area contributed by atoms with Crippen molar-refractivity contribution in [3.8, 4) is 0 Å². The first-order valence-electron chi connectivity index (χ1n) is 14.3. The number of alkyl halides is 3. The molecule has 0 bridgehead atoms. The van der Waals surface area contributed by atoms with Gasteiger partial charge in [-0.05, 0) is 61.2 Å². The molecule has 0 aliphatic rings. The number of nitrogen functional groups attached to an aromatic ring is 1. The molecule has 1 amide bonds. The lowest BCUT2D eigenvalue weighted by Gasteiger charge is -2.23. The molecule has 3 aromatic carbocycles. The zero-order valence-corrected chi connectivity index (χ0v) is 24.2. The first-order chi connectivity index (χ1) is 20.6. The van der Waals surface area contributed by atoms with Gasteiger partial charge in [0.05, 0.1) is 16.6 Å². The van der Waals surface area contributed by atoms with Crippen LogP contribution in [0.3, 0.4) is 0 Å². The van der Waals surface area contributed by atoms with Gasteiger partial charge < -0.3 is 25.7 Å². The van der Waals surface area contributed by atoms with Crippen LogP contribution in [0.1, 0.15) is 51.8 Å². The molecule has 0 aliphatic heterocycles. The Bertz CT molecular complexity index is 1550. The maximum Gasteiger partial charge on any atom is 0.416 e. The van der Waals surface area contributed by atoms with Gasteiger partial charge in [-0.25, -0.2) is 4.98 Å². The summed E-state index contributed by atoms with van der Waals surface area (Å²) in [5.41, 5.74) is 14.6. The molecule has 5 N–H and O–H groups in total. The van der Waals surface area contributed by atoms with Crippen LogP contribution in [0.5, 0.6) is 0 Å². The first kappa shape index (κ1) is 31.7. The molecule has 0 saturated heterocycles. The Balaban J connectivity index is 1.59. The van der Waals surface area contributed by atoms with Crippen LogP contribution in [0.15, 0.2) is 66.7 Å². The summed E-state index contributed by atoms with van der Waals surface area (Å²) < 4.78 is 47.4. The van der Waals surface area contributed by atoms with Gasteiger partial charge >= 0.3 is 6.18 Å². The standard InChI is InChI=1S/C32H37F3N6O2/c1-2-43-18-4-16-41-28-13-12-25(20-27(28)39-29(41)14-9-22-7-10-24(11-8-22)30(37)38)31(42)40(17-15-36)21-23-5-3-6-26(19-23)32(33,34)35/h3,5-8,10-13,19-20H,2,4,9,14-18,21,36H2,1H3,(H3,37,38). The Labute approximate surface area is 249 Å². The number of fused-ring (bicyclic) bond motifs is 1. The van der Waals surface area contributed by atoms with E-state index in [1.807, 2.05) is 37.3 Å². The second-order valence-electron chi connectivity index (χ2n) is 10.3. The molecule has 4 rings (SSSR count). The van der Waals surface area contributed by atoms with Crippen LogP contribution in [0, 0.1) is 5.41 Å². The average molecular weight is 595 g/mol. The minimum absolute atomic E-state index is 0.00245. The van der Waals surface area contributed by atoms with Gasteiger partial charge in [0, 0.05) is 56.9 Å². The maximum atomic E-state index is 13.6. The fourth-order valence-corrected chi connectivity index (χ4v) is 4.99.